The second kappa shape index (κ2) is 8.89. The number of carbonyl (C=O) groups excluding carboxylic acids is 1. The van der Waals surface area contributed by atoms with Gasteiger partial charge in [-0.05, 0) is 49.7 Å². The number of nitrogens with zero attached hydrogens (tertiary/aromatic N) is 5. The molecule has 0 bridgehead atoms. The topological polar surface area (TPSA) is 122 Å². The molecule has 0 aliphatic rings. The van der Waals surface area contributed by atoms with Gasteiger partial charge in [-0.3, -0.25) is 14.6 Å². The number of H-pyrrole nitrogens is 1. The van der Waals surface area contributed by atoms with Crippen LogP contribution in [0.4, 0.5) is 0 Å². The number of hydrogen-bond donors (Lipinski definition) is 2. The van der Waals surface area contributed by atoms with Crippen LogP contribution in [-0.2, 0) is 18.3 Å². The van der Waals surface area contributed by atoms with E-state index < -0.39 is 0 Å². The normalized spacial score (nSPS) is 11.0. The van der Waals surface area contributed by atoms with Gasteiger partial charge in [0.05, 0.1) is 17.3 Å². The molecule has 9 nitrogen and oxygen atoms in total. The number of hydrogen-bond acceptors (Lipinski definition) is 6. The van der Waals surface area contributed by atoms with Crippen LogP contribution >= 0.6 is 0 Å². The highest BCUT2D eigenvalue weighted by Crippen LogP contribution is 2.25. The van der Waals surface area contributed by atoms with Gasteiger partial charge in [-0.15, -0.1) is 0 Å². The third kappa shape index (κ3) is 4.59. The van der Waals surface area contributed by atoms with Gasteiger partial charge in [0.1, 0.15) is 17.6 Å². The number of aromatic nitrogens is 5. The molecule has 1 amide bonds. The second-order valence-electron chi connectivity index (χ2n) is 7.78. The number of ether oxygens (including phenoxy) is 1. The lowest BCUT2D eigenvalue weighted by atomic mass is 10.1. The molecule has 0 fully saturated rings. The van der Waals surface area contributed by atoms with Gasteiger partial charge in [0.2, 0.25) is 0 Å². The number of benzene rings is 2. The fourth-order valence-electron chi connectivity index (χ4n) is 3.37. The number of nitriles is 1. The van der Waals surface area contributed by atoms with Gasteiger partial charge in [0.25, 0.3) is 5.91 Å². The Bertz CT molecular complexity index is 1310. The van der Waals surface area contributed by atoms with E-state index in [-0.39, 0.29) is 18.6 Å². The highest BCUT2D eigenvalue weighted by Gasteiger charge is 2.14. The number of aryl methyl sites for hydroxylation is 1. The SMILES string of the molecule is CC(C)NC(=O)COc1ccc(-c2nc(Cc3ccc4[nH]ncc4c3)n(C)n2)cc1C#N. The molecule has 162 valence electrons. The summed E-state index contributed by atoms with van der Waals surface area (Å²) >= 11 is 0. The van der Waals surface area contributed by atoms with Crippen LogP contribution in [0.5, 0.6) is 5.75 Å². The zero-order chi connectivity index (χ0) is 22.7. The highest BCUT2D eigenvalue weighted by molar-refractivity contribution is 5.78. The fraction of sp³-hybridized carbons (Fsp3) is 0.261. The van der Waals surface area contributed by atoms with Crippen LogP contribution in [0.25, 0.3) is 22.3 Å². The summed E-state index contributed by atoms with van der Waals surface area (Å²) in [6.45, 7) is 3.59. The quantitative estimate of drug-likeness (QED) is 0.466. The molecule has 4 rings (SSSR count). The van der Waals surface area contributed by atoms with Crippen molar-refractivity contribution in [3.63, 3.8) is 0 Å². The zero-order valence-corrected chi connectivity index (χ0v) is 18.1. The van der Waals surface area contributed by atoms with E-state index in [2.05, 4.69) is 37.7 Å². The number of amides is 1. The Labute approximate surface area is 185 Å². The molecule has 4 aromatic rings. The second-order valence-corrected chi connectivity index (χ2v) is 7.78. The Kier molecular flexibility index (Phi) is 5.85. The fourth-order valence-corrected chi connectivity index (χ4v) is 3.37. The first-order valence-electron chi connectivity index (χ1n) is 10.2. The highest BCUT2D eigenvalue weighted by atomic mass is 16.5. The molecule has 2 aromatic carbocycles. The minimum atomic E-state index is -0.238. The van der Waals surface area contributed by atoms with E-state index in [4.69, 9.17) is 4.74 Å². The average Bonchev–Trinajstić information content (AvgIpc) is 3.38. The van der Waals surface area contributed by atoms with E-state index in [1.807, 2.05) is 33.0 Å². The lowest BCUT2D eigenvalue weighted by Gasteiger charge is -2.11. The van der Waals surface area contributed by atoms with Gasteiger partial charge in [-0.2, -0.15) is 15.5 Å². The summed E-state index contributed by atoms with van der Waals surface area (Å²) in [5.41, 5.74) is 3.11. The predicted octanol–water partition coefficient (Wildman–Crippen LogP) is 2.72. The third-order valence-corrected chi connectivity index (χ3v) is 4.89. The first-order valence-corrected chi connectivity index (χ1v) is 10.2. The summed E-state index contributed by atoms with van der Waals surface area (Å²) in [6, 6.07) is 13.4. The molecule has 0 saturated heterocycles. The first-order chi connectivity index (χ1) is 15.4. The number of aromatic amines is 1. The van der Waals surface area contributed by atoms with Gasteiger partial charge >= 0.3 is 0 Å². The standard InChI is InChI=1S/C23H23N7O2/c1-14(2)26-22(31)13-32-20-7-5-16(10-17(20)11-24)23-27-21(30(3)29-23)9-15-4-6-19-18(8-15)12-25-28-19/h4-8,10,12,14H,9,13H2,1-3H3,(H,25,28)(H,26,31). The molecule has 2 N–H and O–H groups in total. The maximum absolute atomic E-state index is 11.8. The molecular formula is C23H23N7O2. The van der Waals surface area contributed by atoms with Crippen LogP contribution in [0.15, 0.2) is 42.6 Å². The molecule has 0 unspecified atom stereocenters. The van der Waals surface area contributed by atoms with Crippen LogP contribution in [0.3, 0.4) is 0 Å². The molecule has 2 aromatic heterocycles. The van der Waals surface area contributed by atoms with Crippen molar-refractivity contribution >= 4 is 16.8 Å². The van der Waals surface area contributed by atoms with Crippen molar-refractivity contribution in [2.24, 2.45) is 7.05 Å². The molecule has 0 radical (unpaired) electrons. The molecule has 0 saturated carbocycles. The largest absolute Gasteiger partial charge is 0.482 e. The van der Waals surface area contributed by atoms with Crippen LogP contribution < -0.4 is 10.1 Å². The van der Waals surface area contributed by atoms with Gasteiger partial charge in [0.15, 0.2) is 12.4 Å². The smallest absolute Gasteiger partial charge is 0.258 e. The van der Waals surface area contributed by atoms with Crippen molar-refractivity contribution in [2.45, 2.75) is 26.3 Å². The Hall–Kier alpha value is -4.19. The van der Waals surface area contributed by atoms with Crippen molar-refractivity contribution in [1.29, 1.82) is 5.26 Å². The van der Waals surface area contributed by atoms with Crippen LogP contribution in [0.2, 0.25) is 0 Å². The van der Waals surface area contributed by atoms with Crippen molar-refractivity contribution in [3.05, 3.63) is 59.5 Å². The van der Waals surface area contributed by atoms with Crippen molar-refractivity contribution in [2.75, 3.05) is 6.61 Å². The summed E-state index contributed by atoms with van der Waals surface area (Å²) in [5.74, 6) is 1.43. The zero-order valence-electron chi connectivity index (χ0n) is 18.1. The molecule has 0 atom stereocenters. The molecule has 32 heavy (non-hydrogen) atoms. The lowest BCUT2D eigenvalue weighted by Crippen LogP contribution is -2.34. The van der Waals surface area contributed by atoms with Crippen LogP contribution in [0.1, 0.15) is 30.8 Å². The van der Waals surface area contributed by atoms with E-state index in [0.717, 1.165) is 22.3 Å². The number of fused-ring (bicyclic) bond motifs is 1. The van der Waals surface area contributed by atoms with Crippen molar-refractivity contribution in [1.82, 2.24) is 30.3 Å². The summed E-state index contributed by atoms with van der Waals surface area (Å²) < 4.78 is 7.27. The van der Waals surface area contributed by atoms with E-state index in [1.54, 1.807) is 29.1 Å². The first kappa shape index (κ1) is 21.1. The molecule has 9 heteroatoms. The van der Waals surface area contributed by atoms with E-state index >= 15 is 0 Å². The van der Waals surface area contributed by atoms with E-state index in [1.165, 1.54) is 0 Å². The van der Waals surface area contributed by atoms with Gasteiger partial charge in [-0.1, -0.05) is 6.07 Å². The maximum Gasteiger partial charge on any atom is 0.258 e. The molecule has 0 aliphatic carbocycles. The molecule has 0 aliphatic heterocycles. The Morgan fingerprint density at radius 3 is 2.91 bits per heavy atom. The van der Waals surface area contributed by atoms with E-state index in [9.17, 15) is 10.1 Å². The van der Waals surface area contributed by atoms with E-state index in [0.29, 0.717) is 29.1 Å². The molecule has 0 spiro atoms. The molecule has 2 heterocycles. The van der Waals surface area contributed by atoms with Gasteiger partial charge < -0.3 is 10.1 Å². The average molecular weight is 429 g/mol. The van der Waals surface area contributed by atoms with Crippen LogP contribution in [-0.4, -0.2) is 43.5 Å². The van der Waals surface area contributed by atoms with Crippen molar-refractivity contribution < 1.29 is 9.53 Å². The van der Waals surface area contributed by atoms with Gasteiger partial charge in [-0.25, -0.2) is 4.98 Å². The third-order valence-electron chi connectivity index (χ3n) is 4.89. The van der Waals surface area contributed by atoms with Crippen LogP contribution in [0, 0.1) is 11.3 Å². The minimum absolute atomic E-state index is 0.0231. The summed E-state index contributed by atoms with van der Waals surface area (Å²) in [5, 5.41) is 24.8. The monoisotopic (exact) mass is 429 g/mol. The number of rotatable bonds is 7. The summed E-state index contributed by atoms with van der Waals surface area (Å²) in [4.78, 5) is 16.5. The van der Waals surface area contributed by atoms with Gasteiger partial charge in [0, 0.05) is 30.5 Å². The predicted molar refractivity (Wildman–Crippen MR) is 119 cm³/mol. The Morgan fingerprint density at radius 2 is 2.12 bits per heavy atom. The maximum atomic E-state index is 11.8. The Balaban J connectivity index is 1.52. The van der Waals surface area contributed by atoms with Crippen molar-refractivity contribution in [3.8, 4) is 23.2 Å². The molecular weight excluding hydrogens is 406 g/mol. The summed E-state index contributed by atoms with van der Waals surface area (Å²) in [7, 11) is 1.85. The number of carbonyl (C=O) groups is 1. The lowest BCUT2D eigenvalue weighted by molar-refractivity contribution is -0.123. The number of nitrogens with one attached hydrogen (secondary N) is 2. The minimum Gasteiger partial charge on any atom is -0.482 e. The Morgan fingerprint density at radius 1 is 1.28 bits per heavy atom. The summed E-state index contributed by atoms with van der Waals surface area (Å²) in [6.07, 6.45) is 2.41.